The van der Waals surface area contributed by atoms with E-state index in [2.05, 4.69) is 9.71 Å². The average molecular weight is 277 g/mol. The molecule has 19 heavy (non-hydrogen) atoms. The molecule has 0 aliphatic rings. The number of para-hydroxylation sites is 1. The molecule has 1 aromatic heterocycles. The lowest BCUT2D eigenvalue weighted by Gasteiger charge is -2.14. The Hall–Kier alpha value is -1.92. The van der Waals surface area contributed by atoms with Gasteiger partial charge in [-0.25, -0.2) is 8.42 Å². The van der Waals surface area contributed by atoms with Crippen molar-refractivity contribution >= 4 is 15.7 Å². The maximum atomic E-state index is 12.2. The summed E-state index contributed by atoms with van der Waals surface area (Å²) < 4.78 is 26.9. The maximum Gasteiger partial charge on any atom is 0.263 e. The van der Waals surface area contributed by atoms with E-state index in [0.29, 0.717) is 5.69 Å². The summed E-state index contributed by atoms with van der Waals surface area (Å²) in [4.78, 5) is 3.93. The van der Waals surface area contributed by atoms with Gasteiger partial charge in [-0.05, 0) is 30.7 Å². The summed E-state index contributed by atoms with van der Waals surface area (Å²) in [6.45, 7) is 1.80. The molecule has 0 spiro atoms. The molecule has 2 aromatic rings. The van der Waals surface area contributed by atoms with Gasteiger partial charge in [-0.3, -0.25) is 9.71 Å². The molecule has 0 radical (unpaired) electrons. The number of nitrogens with two attached hydrogens (primary N) is 1. The van der Waals surface area contributed by atoms with E-state index >= 15 is 0 Å². The highest BCUT2D eigenvalue weighted by atomic mass is 32.2. The lowest BCUT2D eigenvalue weighted by atomic mass is 10.1. The summed E-state index contributed by atoms with van der Waals surface area (Å²) in [5.74, 6) is 0. The molecule has 0 aliphatic heterocycles. The van der Waals surface area contributed by atoms with E-state index < -0.39 is 10.0 Å². The highest BCUT2D eigenvalue weighted by Gasteiger charge is 2.16. The van der Waals surface area contributed by atoms with Crippen LogP contribution in [0, 0.1) is 0 Å². The Kier molecular flexibility index (Phi) is 3.82. The SMILES string of the molecule is CC(N)c1ccccc1NS(=O)(=O)c1cccnc1. The fourth-order valence-corrected chi connectivity index (χ4v) is 2.75. The van der Waals surface area contributed by atoms with Crippen molar-refractivity contribution in [2.45, 2.75) is 17.9 Å². The van der Waals surface area contributed by atoms with E-state index in [1.165, 1.54) is 18.5 Å². The molecule has 0 bridgehead atoms. The quantitative estimate of drug-likeness (QED) is 0.893. The second-order valence-corrected chi connectivity index (χ2v) is 5.85. The molecule has 3 N–H and O–H groups in total. The molecule has 0 fully saturated rings. The molecule has 1 unspecified atom stereocenters. The van der Waals surface area contributed by atoms with E-state index in [0.717, 1.165) is 5.56 Å². The Morgan fingerprint density at radius 3 is 2.58 bits per heavy atom. The number of benzene rings is 1. The molecule has 100 valence electrons. The van der Waals surface area contributed by atoms with Crippen molar-refractivity contribution < 1.29 is 8.42 Å². The Morgan fingerprint density at radius 1 is 1.21 bits per heavy atom. The minimum atomic E-state index is -3.64. The van der Waals surface area contributed by atoms with Crippen molar-refractivity contribution in [2.24, 2.45) is 5.73 Å². The Morgan fingerprint density at radius 2 is 1.95 bits per heavy atom. The Bertz CT molecular complexity index is 655. The highest BCUT2D eigenvalue weighted by Crippen LogP contribution is 2.23. The van der Waals surface area contributed by atoms with Gasteiger partial charge in [-0.15, -0.1) is 0 Å². The monoisotopic (exact) mass is 277 g/mol. The Labute approximate surface area is 112 Å². The molecule has 1 atom stereocenters. The molecule has 0 saturated heterocycles. The fraction of sp³-hybridized carbons (Fsp3) is 0.154. The van der Waals surface area contributed by atoms with Gasteiger partial charge in [0.05, 0.1) is 5.69 Å². The number of rotatable bonds is 4. The number of sulfonamides is 1. The zero-order chi connectivity index (χ0) is 13.9. The van der Waals surface area contributed by atoms with E-state index in [1.54, 1.807) is 31.2 Å². The van der Waals surface area contributed by atoms with Gasteiger partial charge in [-0.2, -0.15) is 0 Å². The number of aromatic nitrogens is 1. The molecule has 5 nitrogen and oxygen atoms in total. The van der Waals surface area contributed by atoms with Crippen LogP contribution in [0.25, 0.3) is 0 Å². The van der Waals surface area contributed by atoms with Crippen LogP contribution >= 0.6 is 0 Å². The van der Waals surface area contributed by atoms with E-state index in [9.17, 15) is 8.42 Å². The van der Waals surface area contributed by atoms with Crippen molar-refractivity contribution in [3.05, 3.63) is 54.4 Å². The first-order valence-corrected chi connectivity index (χ1v) is 7.26. The zero-order valence-electron chi connectivity index (χ0n) is 10.4. The van der Waals surface area contributed by atoms with Gasteiger partial charge in [0.15, 0.2) is 0 Å². The second kappa shape index (κ2) is 5.38. The van der Waals surface area contributed by atoms with Gasteiger partial charge < -0.3 is 5.73 Å². The van der Waals surface area contributed by atoms with Crippen molar-refractivity contribution in [2.75, 3.05) is 4.72 Å². The first kappa shape index (κ1) is 13.5. The predicted octanol–water partition coefficient (Wildman–Crippen LogP) is 1.90. The fourth-order valence-electron chi connectivity index (χ4n) is 1.70. The molecule has 0 saturated carbocycles. The van der Waals surface area contributed by atoms with Crippen molar-refractivity contribution in [1.29, 1.82) is 0 Å². The molecule has 1 aromatic carbocycles. The summed E-state index contributed by atoms with van der Waals surface area (Å²) in [5, 5.41) is 0. The summed E-state index contributed by atoms with van der Waals surface area (Å²) in [6, 6.07) is 9.87. The zero-order valence-corrected chi connectivity index (χ0v) is 11.3. The highest BCUT2D eigenvalue weighted by molar-refractivity contribution is 7.92. The number of hydrogen-bond acceptors (Lipinski definition) is 4. The molecular formula is C13H15N3O2S. The maximum absolute atomic E-state index is 12.2. The summed E-state index contributed by atoms with van der Waals surface area (Å²) in [5.41, 5.74) is 7.06. The van der Waals surface area contributed by atoms with Crippen molar-refractivity contribution in [3.8, 4) is 0 Å². The predicted molar refractivity (Wildman–Crippen MR) is 74.1 cm³/mol. The largest absolute Gasteiger partial charge is 0.324 e. The van der Waals surface area contributed by atoms with Crippen LogP contribution in [-0.2, 0) is 10.0 Å². The summed E-state index contributed by atoms with van der Waals surface area (Å²) in [6.07, 6.45) is 2.83. The average Bonchev–Trinajstić information content (AvgIpc) is 2.39. The number of hydrogen-bond donors (Lipinski definition) is 2. The normalized spacial score (nSPS) is 12.9. The summed E-state index contributed by atoms with van der Waals surface area (Å²) in [7, 11) is -3.64. The third-order valence-corrected chi connectivity index (χ3v) is 3.99. The number of nitrogens with zero attached hydrogens (tertiary/aromatic N) is 1. The van der Waals surface area contributed by atoms with Crippen LogP contribution in [0.1, 0.15) is 18.5 Å². The lowest BCUT2D eigenvalue weighted by molar-refractivity contribution is 0.600. The molecular weight excluding hydrogens is 262 g/mol. The Balaban J connectivity index is 2.37. The molecule has 2 rings (SSSR count). The number of anilines is 1. The minimum Gasteiger partial charge on any atom is -0.324 e. The first-order valence-electron chi connectivity index (χ1n) is 5.78. The van der Waals surface area contributed by atoms with Crippen LogP contribution in [0.15, 0.2) is 53.7 Å². The first-order chi connectivity index (χ1) is 9.00. The number of nitrogens with one attached hydrogen (secondary N) is 1. The van der Waals surface area contributed by atoms with Crippen molar-refractivity contribution in [1.82, 2.24) is 4.98 Å². The van der Waals surface area contributed by atoms with Gasteiger partial charge >= 0.3 is 0 Å². The van der Waals surface area contributed by atoms with Gasteiger partial charge in [0.2, 0.25) is 0 Å². The second-order valence-electron chi connectivity index (χ2n) is 4.17. The third-order valence-electron chi connectivity index (χ3n) is 2.64. The van der Waals surface area contributed by atoms with Crippen LogP contribution in [0.2, 0.25) is 0 Å². The summed E-state index contributed by atoms with van der Waals surface area (Å²) >= 11 is 0. The van der Waals surface area contributed by atoms with Crippen molar-refractivity contribution in [3.63, 3.8) is 0 Å². The minimum absolute atomic E-state index is 0.120. The van der Waals surface area contributed by atoms with Crippen LogP contribution in [0.5, 0.6) is 0 Å². The van der Waals surface area contributed by atoms with E-state index in [1.807, 2.05) is 6.07 Å². The van der Waals surface area contributed by atoms with Crippen LogP contribution < -0.4 is 10.5 Å². The standard InChI is InChI=1S/C13H15N3O2S/c1-10(14)12-6-2-3-7-13(12)16-19(17,18)11-5-4-8-15-9-11/h2-10,16H,14H2,1H3. The molecule has 6 heteroatoms. The third kappa shape index (κ3) is 3.10. The molecule has 0 aliphatic carbocycles. The van der Waals surface area contributed by atoms with Crippen LogP contribution in [0.4, 0.5) is 5.69 Å². The number of pyridine rings is 1. The van der Waals surface area contributed by atoms with Gasteiger partial charge in [0.25, 0.3) is 10.0 Å². The van der Waals surface area contributed by atoms with E-state index in [-0.39, 0.29) is 10.9 Å². The van der Waals surface area contributed by atoms with Gasteiger partial charge in [0.1, 0.15) is 4.90 Å². The van der Waals surface area contributed by atoms with Gasteiger partial charge in [-0.1, -0.05) is 18.2 Å². The molecule has 1 heterocycles. The van der Waals surface area contributed by atoms with Crippen LogP contribution in [0.3, 0.4) is 0 Å². The van der Waals surface area contributed by atoms with Gasteiger partial charge in [0, 0.05) is 18.4 Å². The van der Waals surface area contributed by atoms with Crippen LogP contribution in [-0.4, -0.2) is 13.4 Å². The smallest absolute Gasteiger partial charge is 0.263 e. The van der Waals surface area contributed by atoms with E-state index in [4.69, 9.17) is 5.73 Å². The topological polar surface area (TPSA) is 85.1 Å². The lowest BCUT2D eigenvalue weighted by Crippen LogP contribution is -2.16. The molecule has 0 amide bonds.